The molecule has 1 aliphatic carbocycles. The molecular weight excluding hydrogens is 318 g/mol. The van der Waals surface area contributed by atoms with E-state index >= 15 is 0 Å². The van der Waals surface area contributed by atoms with Crippen molar-refractivity contribution in [2.24, 2.45) is 0 Å². The molecule has 2 rings (SSSR count). The standard InChI is InChI=1S/C15H23N3O4S/c19-18(20)14-8-5-9-15(12-14)23(21,22)17-11-10-16-13-6-3-1-2-4-7-13/h5,8-9,12-13,16-17H,1-4,6-7,10-11H2. The van der Waals surface area contributed by atoms with E-state index < -0.39 is 14.9 Å². The maximum absolute atomic E-state index is 12.2. The van der Waals surface area contributed by atoms with Crippen molar-refractivity contribution in [2.75, 3.05) is 13.1 Å². The minimum atomic E-state index is -3.72. The second-order valence-electron chi connectivity index (χ2n) is 5.79. The summed E-state index contributed by atoms with van der Waals surface area (Å²) in [6, 6.07) is 5.53. The van der Waals surface area contributed by atoms with Gasteiger partial charge in [-0.2, -0.15) is 0 Å². The normalized spacial score (nSPS) is 16.9. The SMILES string of the molecule is O=[N+]([O-])c1cccc(S(=O)(=O)NCCNC2CCCCCC2)c1. The van der Waals surface area contributed by atoms with Crippen LogP contribution in [0.2, 0.25) is 0 Å². The molecule has 0 aromatic heterocycles. The van der Waals surface area contributed by atoms with Gasteiger partial charge in [0, 0.05) is 31.3 Å². The Kier molecular flexibility index (Phi) is 6.49. The summed E-state index contributed by atoms with van der Waals surface area (Å²) in [6.07, 6.45) is 7.26. The third kappa shape index (κ3) is 5.56. The van der Waals surface area contributed by atoms with Crippen LogP contribution in [-0.4, -0.2) is 32.5 Å². The maximum atomic E-state index is 12.2. The highest BCUT2D eigenvalue weighted by Gasteiger charge is 2.17. The van der Waals surface area contributed by atoms with Crippen molar-refractivity contribution in [1.82, 2.24) is 10.0 Å². The molecule has 23 heavy (non-hydrogen) atoms. The zero-order valence-electron chi connectivity index (χ0n) is 13.0. The van der Waals surface area contributed by atoms with Gasteiger partial charge in [-0.1, -0.05) is 31.7 Å². The molecule has 1 aromatic rings. The zero-order chi connectivity index (χ0) is 16.7. The number of nitro groups is 1. The zero-order valence-corrected chi connectivity index (χ0v) is 13.8. The Labute approximate surface area is 136 Å². The Hall–Kier alpha value is -1.51. The maximum Gasteiger partial charge on any atom is 0.270 e. The van der Waals surface area contributed by atoms with E-state index in [2.05, 4.69) is 10.0 Å². The predicted octanol–water partition coefficient (Wildman–Crippen LogP) is 2.19. The number of nitrogens with zero attached hydrogens (tertiary/aromatic N) is 1. The average Bonchev–Trinajstić information content (AvgIpc) is 2.80. The number of benzene rings is 1. The predicted molar refractivity (Wildman–Crippen MR) is 87.8 cm³/mol. The highest BCUT2D eigenvalue weighted by molar-refractivity contribution is 7.89. The van der Waals surface area contributed by atoms with E-state index in [0.717, 1.165) is 18.9 Å². The highest BCUT2D eigenvalue weighted by atomic mass is 32.2. The lowest BCUT2D eigenvalue weighted by atomic mass is 10.1. The molecule has 1 aliphatic rings. The number of non-ortho nitro benzene ring substituents is 1. The van der Waals surface area contributed by atoms with Crippen LogP contribution >= 0.6 is 0 Å². The van der Waals surface area contributed by atoms with Gasteiger partial charge in [0.25, 0.3) is 5.69 Å². The molecule has 0 aliphatic heterocycles. The number of sulfonamides is 1. The third-order valence-corrected chi connectivity index (χ3v) is 5.50. The van der Waals surface area contributed by atoms with Gasteiger partial charge in [-0.25, -0.2) is 13.1 Å². The fourth-order valence-corrected chi connectivity index (χ4v) is 3.86. The first-order valence-electron chi connectivity index (χ1n) is 7.96. The second-order valence-corrected chi connectivity index (χ2v) is 7.56. The first-order valence-corrected chi connectivity index (χ1v) is 9.45. The van der Waals surface area contributed by atoms with E-state index in [4.69, 9.17) is 0 Å². The molecule has 2 N–H and O–H groups in total. The molecule has 0 amide bonds. The summed E-state index contributed by atoms with van der Waals surface area (Å²) in [5.41, 5.74) is -0.232. The molecular formula is C15H23N3O4S. The molecule has 1 aromatic carbocycles. The van der Waals surface area contributed by atoms with Gasteiger partial charge in [0.1, 0.15) is 0 Å². The summed E-state index contributed by atoms with van der Waals surface area (Å²) >= 11 is 0. The summed E-state index contributed by atoms with van der Waals surface area (Å²) in [5, 5.41) is 14.1. The molecule has 0 atom stereocenters. The van der Waals surface area contributed by atoms with Crippen LogP contribution in [-0.2, 0) is 10.0 Å². The number of rotatable bonds is 7. The molecule has 128 valence electrons. The lowest BCUT2D eigenvalue weighted by Gasteiger charge is -2.16. The monoisotopic (exact) mass is 341 g/mol. The van der Waals surface area contributed by atoms with E-state index in [9.17, 15) is 18.5 Å². The molecule has 1 saturated carbocycles. The molecule has 0 heterocycles. The van der Waals surface area contributed by atoms with Crippen molar-refractivity contribution in [1.29, 1.82) is 0 Å². The Bertz CT molecular complexity index is 625. The van der Waals surface area contributed by atoms with Gasteiger partial charge in [-0.05, 0) is 18.9 Å². The topological polar surface area (TPSA) is 101 Å². The molecule has 1 fully saturated rings. The smallest absolute Gasteiger partial charge is 0.270 e. The van der Waals surface area contributed by atoms with Gasteiger partial charge in [0.05, 0.1) is 9.82 Å². The minimum absolute atomic E-state index is 0.0823. The van der Waals surface area contributed by atoms with Crippen LogP contribution in [0.15, 0.2) is 29.2 Å². The molecule has 0 saturated heterocycles. The van der Waals surface area contributed by atoms with Crippen molar-refractivity contribution in [3.8, 4) is 0 Å². The molecule has 0 unspecified atom stereocenters. The van der Waals surface area contributed by atoms with Crippen LogP contribution in [0.1, 0.15) is 38.5 Å². The first-order chi connectivity index (χ1) is 11.0. The van der Waals surface area contributed by atoms with Crippen molar-refractivity contribution < 1.29 is 13.3 Å². The van der Waals surface area contributed by atoms with Gasteiger partial charge >= 0.3 is 0 Å². The van der Waals surface area contributed by atoms with Crippen molar-refractivity contribution in [3.05, 3.63) is 34.4 Å². The quantitative estimate of drug-likeness (QED) is 0.343. The van der Waals surface area contributed by atoms with E-state index in [-0.39, 0.29) is 17.1 Å². The second kappa shape index (κ2) is 8.37. The molecule has 0 bridgehead atoms. The third-order valence-electron chi connectivity index (χ3n) is 4.04. The van der Waals surface area contributed by atoms with Crippen LogP contribution < -0.4 is 10.0 Å². The van der Waals surface area contributed by atoms with Gasteiger partial charge in [-0.3, -0.25) is 10.1 Å². The van der Waals surface area contributed by atoms with Crippen LogP contribution in [0.4, 0.5) is 5.69 Å². The van der Waals surface area contributed by atoms with Crippen LogP contribution in [0.3, 0.4) is 0 Å². The van der Waals surface area contributed by atoms with Crippen molar-refractivity contribution in [2.45, 2.75) is 49.5 Å². The Morgan fingerprint density at radius 1 is 1.13 bits per heavy atom. The highest BCUT2D eigenvalue weighted by Crippen LogP contribution is 2.18. The van der Waals surface area contributed by atoms with Gasteiger partial charge in [-0.15, -0.1) is 0 Å². The number of hydrogen-bond acceptors (Lipinski definition) is 5. The summed E-state index contributed by atoms with van der Waals surface area (Å²) < 4.78 is 26.8. The van der Waals surface area contributed by atoms with Crippen LogP contribution in [0.25, 0.3) is 0 Å². The Balaban J connectivity index is 1.84. The summed E-state index contributed by atoms with van der Waals surface area (Å²) in [6.45, 7) is 0.820. The lowest BCUT2D eigenvalue weighted by Crippen LogP contribution is -2.36. The molecule has 8 heteroatoms. The Morgan fingerprint density at radius 3 is 2.48 bits per heavy atom. The summed E-state index contributed by atoms with van der Waals surface area (Å²) in [7, 11) is -3.72. The molecule has 7 nitrogen and oxygen atoms in total. The summed E-state index contributed by atoms with van der Waals surface area (Å²) in [4.78, 5) is 10.0. The van der Waals surface area contributed by atoms with Crippen molar-refractivity contribution >= 4 is 15.7 Å². The molecule has 0 spiro atoms. The van der Waals surface area contributed by atoms with Gasteiger partial charge < -0.3 is 5.32 Å². The van der Waals surface area contributed by atoms with E-state index in [1.165, 1.54) is 43.9 Å². The van der Waals surface area contributed by atoms with Crippen LogP contribution in [0.5, 0.6) is 0 Å². The minimum Gasteiger partial charge on any atom is -0.313 e. The lowest BCUT2D eigenvalue weighted by molar-refractivity contribution is -0.385. The molecule has 0 radical (unpaired) electrons. The first kappa shape index (κ1) is 17.8. The number of nitro benzene ring substituents is 1. The van der Waals surface area contributed by atoms with Gasteiger partial charge in [0.2, 0.25) is 10.0 Å². The van der Waals surface area contributed by atoms with E-state index in [1.54, 1.807) is 0 Å². The fourth-order valence-electron chi connectivity index (χ4n) is 2.79. The largest absolute Gasteiger partial charge is 0.313 e. The number of nitrogens with one attached hydrogen (secondary N) is 2. The van der Waals surface area contributed by atoms with E-state index in [0.29, 0.717) is 12.6 Å². The van der Waals surface area contributed by atoms with E-state index in [1.807, 2.05) is 0 Å². The van der Waals surface area contributed by atoms with Gasteiger partial charge in [0.15, 0.2) is 0 Å². The fraction of sp³-hybridized carbons (Fsp3) is 0.600. The summed E-state index contributed by atoms with van der Waals surface area (Å²) in [5.74, 6) is 0. The average molecular weight is 341 g/mol. The Morgan fingerprint density at radius 2 is 1.83 bits per heavy atom. The van der Waals surface area contributed by atoms with Crippen molar-refractivity contribution in [3.63, 3.8) is 0 Å². The van der Waals surface area contributed by atoms with Crippen LogP contribution in [0, 0.1) is 10.1 Å². The number of hydrogen-bond donors (Lipinski definition) is 2.